The smallest absolute Gasteiger partial charge is 0.225 e. The topological polar surface area (TPSA) is 90.9 Å². The first-order valence-corrected chi connectivity index (χ1v) is 7.33. The fourth-order valence-electron chi connectivity index (χ4n) is 2.80. The Hall–Kier alpha value is -1.89. The molecule has 7 heteroatoms. The highest BCUT2D eigenvalue weighted by Crippen LogP contribution is 2.15. The third-order valence-corrected chi connectivity index (χ3v) is 3.85. The van der Waals surface area contributed by atoms with Crippen molar-refractivity contribution < 1.29 is 5.21 Å². The number of anilines is 1. The zero-order valence-corrected chi connectivity index (χ0v) is 13.0. The van der Waals surface area contributed by atoms with Gasteiger partial charge in [-0.15, -0.1) is 0 Å². The Balaban J connectivity index is 2.02. The molecule has 1 saturated heterocycles. The maximum atomic E-state index is 8.86. The van der Waals surface area contributed by atoms with Crippen molar-refractivity contribution in [3.05, 3.63) is 17.5 Å². The first-order chi connectivity index (χ1) is 10.0. The SMILES string of the molecule is CCC(C(N)=NO)N1CCN(c2nc(C)cc(C)n2)CC1. The lowest BCUT2D eigenvalue weighted by Crippen LogP contribution is -2.54. The first-order valence-electron chi connectivity index (χ1n) is 7.33. The van der Waals surface area contributed by atoms with Crippen LogP contribution in [0.2, 0.25) is 0 Å². The summed E-state index contributed by atoms with van der Waals surface area (Å²) in [6.45, 7) is 9.41. The van der Waals surface area contributed by atoms with Crippen molar-refractivity contribution in [2.24, 2.45) is 10.9 Å². The molecule has 0 aliphatic carbocycles. The summed E-state index contributed by atoms with van der Waals surface area (Å²) in [5.41, 5.74) is 7.74. The van der Waals surface area contributed by atoms with Gasteiger partial charge in [0.25, 0.3) is 0 Å². The number of rotatable bonds is 4. The number of nitrogens with two attached hydrogens (primary N) is 1. The fourth-order valence-corrected chi connectivity index (χ4v) is 2.80. The van der Waals surface area contributed by atoms with Crippen molar-refractivity contribution in [3.8, 4) is 0 Å². The number of piperazine rings is 1. The van der Waals surface area contributed by atoms with E-state index in [1.807, 2.05) is 26.8 Å². The summed E-state index contributed by atoms with van der Waals surface area (Å²) >= 11 is 0. The molecule has 1 aromatic heterocycles. The van der Waals surface area contributed by atoms with Crippen LogP contribution in [0.3, 0.4) is 0 Å². The molecule has 1 atom stereocenters. The van der Waals surface area contributed by atoms with Crippen molar-refractivity contribution in [2.45, 2.75) is 33.2 Å². The number of oxime groups is 1. The van der Waals surface area contributed by atoms with E-state index in [1.165, 1.54) is 0 Å². The average Bonchev–Trinajstić information content (AvgIpc) is 2.47. The molecule has 0 spiro atoms. The molecule has 2 heterocycles. The molecule has 116 valence electrons. The highest BCUT2D eigenvalue weighted by molar-refractivity contribution is 5.85. The van der Waals surface area contributed by atoms with Crippen LogP contribution in [0.15, 0.2) is 11.2 Å². The monoisotopic (exact) mass is 292 g/mol. The normalized spacial score (nSPS) is 18.8. The molecule has 1 aromatic rings. The zero-order chi connectivity index (χ0) is 15.4. The Morgan fingerprint density at radius 2 is 1.86 bits per heavy atom. The first kappa shape index (κ1) is 15.5. The molecule has 21 heavy (non-hydrogen) atoms. The van der Waals surface area contributed by atoms with Gasteiger partial charge in [0.05, 0.1) is 6.04 Å². The summed E-state index contributed by atoms with van der Waals surface area (Å²) in [7, 11) is 0. The average molecular weight is 292 g/mol. The van der Waals surface area contributed by atoms with Gasteiger partial charge < -0.3 is 15.8 Å². The zero-order valence-electron chi connectivity index (χ0n) is 13.0. The Bertz CT molecular complexity index is 490. The van der Waals surface area contributed by atoms with Gasteiger partial charge in [0, 0.05) is 37.6 Å². The van der Waals surface area contributed by atoms with Crippen LogP contribution >= 0.6 is 0 Å². The van der Waals surface area contributed by atoms with Crippen LogP contribution in [0.1, 0.15) is 24.7 Å². The standard InChI is InChI=1S/C14H24N6O/c1-4-12(13(15)18-21)19-5-7-20(8-6-19)14-16-10(2)9-11(3)17-14/h9,12,21H,4-8H2,1-3H3,(H2,15,18). The molecule has 0 amide bonds. The van der Waals surface area contributed by atoms with E-state index in [-0.39, 0.29) is 11.9 Å². The van der Waals surface area contributed by atoms with Crippen molar-refractivity contribution >= 4 is 11.8 Å². The Morgan fingerprint density at radius 3 is 2.33 bits per heavy atom. The highest BCUT2D eigenvalue weighted by Gasteiger charge is 2.26. The number of nitrogens with zero attached hydrogens (tertiary/aromatic N) is 5. The summed E-state index contributed by atoms with van der Waals surface area (Å²) in [6.07, 6.45) is 0.829. The third-order valence-electron chi connectivity index (χ3n) is 3.85. The predicted molar refractivity (Wildman–Crippen MR) is 82.8 cm³/mol. The third kappa shape index (κ3) is 3.60. The lowest BCUT2D eigenvalue weighted by molar-refractivity contribution is 0.215. The van der Waals surface area contributed by atoms with Crippen LogP contribution in [-0.2, 0) is 0 Å². The fraction of sp³-hybridized carbons (Fsp3) is 0.643. The molecule has 7 nitrogen and oxygen atoms in total. The molecule has 0 saturated carbocycles. The predicted octanol–water partition coefficient (Wildman–Crippen LogP) is 0.740. The number of amidine groups is 1. The molecule has 0 radical (unpaired) electrons. The second-order valence-electron chi connectivity index (χ2n) is 5.42. The lowest BCUT2D eigenvalue weighted by atomic mass is 10.1. The van der Waals surface area contributed by atoms with Crippen LogP contribution in [0, 0.1) is 13.8 Å². The van der Waals surface area contributed by atoms with Gasteiger partial charge in [0.1, 0.15) is 0 Å². The van der Waals surface area contributed by atoms with E-state index in [1.54, 1.807) is 0 Å². The Labute approximate surface area is 125 Å². The number of aryl methyl sites for hydroxylation is 2. The van der Waals surface area contributed by atoms with Gasteiger partial charge in [-0.25, -0.2) is 9.97 Å². The van der Waals surface area contributed by atoms with E-state index in [0.29, 0.717) is 0 Å². The van der Waals surface area contributed by atoms with Gasteiger partial charge in [0.15, 0.2) is 5.84 Å². The molecular formula is C14H24N6O. The van der Waals surface area contributed by atoms with Gasteiger partial charge in [0.2, 0.25) is 5.95 Å². The maximum Gasteiger partial charge on any atom is 0.225 e. The molecular weight excluding hydrogens is 268 g/mol. The molecule has 1 aliphatic heterocycles. The van der Waals surface area contributed by atoms with E-state index < -0.39 is 0 Å². The minimum atomic E-state index is -0.00249. The molecule has 1 unspecified atom stereocenters. The van der Waals surface area contributed by atoms with E-state index in [0.717, 1.165) is 49.9 Å². The van der Waals surface area contributed by atoms with Crippen LogP contribution in [-0.4, -0.2) is 58.1 Å². The molecule has 0 aromatic carbocycles. The minimum absolute atomic E-state index is 0.00249. The summed E-state index contributed by atoms with van der Waals surface area (Å²) < 4.78 is 0. The van der Waals surface area contributed by atoms with Gasteiger partial charge in [-0.3, -0.25) is 4.90 Å². The lowest BCUT2D eigenvalue weighted by Gasteiger charge is -2.38. The largest absolute Gasteiger partial charge is 0.409 e. The van der Waals surface area contributed by atoms with Crippen molar-refractivity contribution in [1.82, 2.24) is 14.9 Å². The Morgan fingerprint density at radius 1 is 1.29 bits per heavy atom. The minimum Gasteiger partial charge on any atom is -0.409 e. The van der Waals surface area contributed by atoms with Gasteiger partial charge >= 0.3 is 0 Å². The maximum absolute atomic E-state index is 8.86. The molecule has 0 bridgehead atoms. The van der Waals surface area contributed by atoms with E-state index in [2.05, 4.69) is 24.9 Å². The van der Waals surface area contributed by atoms with E-state index in [9.17, 15) is 0 Å². The van der Waals surface area contributed by atoms with E-state index >= 15 is 0 Å². The van der Waals surface area contributed by atoms with Crippen molar-refractivity contribution in [1.29, 1.82) is 0 Å². The second-order valence-corrected chi connectivity index (χ2v) is 5.42. The van der Waals surface area contributed by atoms with Crippen molar-refractivity contribution in [2.75, 3.05) is 31.1 Å². The van der Waals surface area contributed by atoms with Crippen LogP contribution < -0.4 is 10.6 Å². The summed E-state index contributed by atoms with van der Waals surface area (Å²) in [4.78, 5) is 13.4. The highest BCUT2D eigenvalue weighted by atomic mass is 16.4. The van der Waals surface area contributed by atoms with E-state index in [4.69, 9.17) is 10.9 Å². The molecule has 3 N–H and O–H groups in total. The number of aromatic nitrogens is 2. The van der Waals surface area contributed by atoms with Crippen LogP contribution in [0.5, 0.6) is 0 Å². The second kappa shape index (κ2) is 6.71. The summed E-state index contributed by atoms with van der Waals surface area (Å²) in [5, 5.41) is 12.0. The molecule has 1 fully saturated rings. The van der Waals surface area contributed by atoms with Crippen molar-refractivity contribution in [3.63, 3.8) is 0 Å². The van der Waals surface area contributed by atoms with Crippen LogP contribution in [0.25, 0.3) is 0 Å². The number of hydrogen-bond donors (Lipinski definition) is 2. The van der Waals surface area contributed by atoms with Gasteiger partial charge in [-0.2, -0.15) is 0 Å². The van der Waals surface area contributed by atoms with Gasteiger partial charge in [-0.05, 0) is 26.3 Å². The van der Waals surface area contributed by atoms with Crippen LogP contribution in [0.4, 0.5) is 5.95 Å². The van der Waals surface area contributed by atoms with Gasteiger partial charge in [-0.1, -0.05) is 12.1 Å². The Kier molecular flexibility index (Phi) is 4.95. The number of hydrogen-bond acceptors (Lipinski definition) is 6. The molecule has 1 aliphatic rings. The summed E-state index contributed by atoms with van der Waals surface area (Å²) in [5.74, 6) is 1.08. The quantitative estimate of drug-likeness (QED) is 0.368. The summed E-state index contributed by atoms with van der Waals surface area (Å²) in [6, 6.07) is 1.97. The molecule has 2 rings (SSSR count).